The molecule has 0 amide bonds. The molecule has 1 saturated heterocycles. The van der Waals surface area contributed by atoms with Crippen LogP contribution in [0.15, 0.2) is 0 Å². The van der Waals surface area contributed by atoms with Crippen LogP contribution < -0.4 is 5.32 Å². The lowest BCUT2D eigenvalue weighted by atomic mass is 9.69. The molecule has 2 fully saturated rings. The molecule has 2 rings (SSSR count). The van der Waals surface area contributed by atoms with Gasteiger partial charge in [-0.2, -0.15) is 0 Å². The molecular weight excluding hydrogens is 238 g/mol. The first kappa shape index (κ1) is 14.6. The number of nitrogens with one attached hydrogen (secondary N) is 2. The summed E-state index contributed by atoms with van der Waals surface area (Å²) in [6.07, 6.45) is 10.1. The number of nitrogens with zero attached hydrogens (tertiary/aromatic N) is 1. The third-order valence-corrected chi connectivity index (χ3v) is 5.08. The smallest absolute Gasteiger partial charge is 0.193 e. The van der Waals surface area contributed by atoms with E-state index < -0.39 is 6.23 Å². The van der Waals surface area contributed by atoms with Crippen LogP contribution in [-0.2, 0) is 0 Å². The zero-order chi connectivity index (χ0) is 13.9. The van der Waals surface area contributed by atoms with E-state index in [1.54, 1.807) is 11.9 Å². The Labute approximate surface area is 117 Å². The molecule has 1 heterocycles. The van der Waals surface area contributed by atoms with Gasteiger partial charge in [-0.1, -0.05) is 39.0 Å². The second-order valence-electron chi connectivity index (χ2n) is 6.36. The normalized spacial score (nSPS) is 33.3. The maximum atomic E-state index is 10.3. The molecule has 1 saturated carbocycles. The van der Waals surface area contributed by atoms with Crippen molar-refractivity contribution in [3.05, 3.63) is 0 Å². The molecule has 0 radical (unpaired) electrons. The van der Waals surface area contributed by atoms with Crippen molar-refractivity contribution in [3.8, 4) is 0 Å². The Morgan fingerprint density at radius 2 is 2.05 bits per heavy atom. The fourth-order valence-corrected chi connectivity index (χ4v) is 3.77. The first-order valence-electron chi connectivity index (χ1n) is 7.86. The average Bonchev–Trinajstić information content (AvgIpc) is 2.43. The Morgan fingerprint density at radius 3 is 2.63 bits per heavy atom. The number of rotatable bonds is 4. The third-order valence-electron chi connectivity index (χ3n) is 5.08. The van der Waals surface area contributed by atoms with Crippen LogP contribution in [-0.4, -0.2) is 34.8 Å². The zero-order valence-corrected chi connectivity index (χ0v) is 12.4. The minimum absolute atomic E-state index is 0.0422. The summed E-state index contributed by atoms with van der Waals surface area (Å²) in [6, 6.07) is 0. The molecule has 0 aromatic rings. The summed E-state index contributed by atoms with van der Waals surface area (Å²) in [6.45, 7) is 2.21. The first-order valence-corrected chi connectivity index (χ1v) is 7.86. The highest BCUT2D eigenvalue weighted by Crippen LogP contribution is 2.40. The van der Waals surface area contributed by atoms with Crippen LogP contribution >= 0.6 is 0 Å². The Hall–Kier alpha value is -0.770. The second-order valence-corrected chi connectivity index (χ2v) is 6.36. The molecule has 19 heavy (non-hydrogen) atoms. The molecule has 2 aliphatic rings. The van der Waals surface area contributed by atoms with Gasteiger partial charge >= 0.3 is 0 Å². The quantitative estimate of drug-likeness (QED) is 0.734. The summed E-state index contributed by atoms with van der Waals surface area (Å²) in [5.41, 5.74) is -0.0422. The van der Waals surface area contributed by atoms with Crippen molar-refractivity contribution in [2.75, 3.05) is 7.05 Å². The van der Waals surface area contributed by atoms with Crippen LogP contribution in [0, 0.1) is 11.3 Å². The number of hydrogen-bond donors (Lipinski definition) is 3. The van der Waals surface area contributed by atoms with E-state index in [1.165, 1.54) is 44.9 Å². The van der Waals surface area contributed by atoms with E-state index in [0.717, 1.165) is 12.8 Å². The van der Waals surface area contributed by atoms with Crippen molar-refractivity contribution in [3.63, 3.8) is 0 Å². The minimum Gasteiger partial charge on any atom is -0.373 e. The molecule has 0 aromatic heterocycles. The van der Waals surface area contributed by atoms with E-state index in [9.17, 15) is 5.11 Å². The summed E-state index contributed by atoms with van der Waals surface area (Å²) in [7, 11) is 1.80. The van der Waals surface area contributed by atoms with Gasteiger partial charge in [-0.05, 0) is 25.2 Å². The SMILES string of the molecule is CCCCC1(C2CCCCC2)CC(O)N(C)C(=N)N1. The van der Waals surface area contributed by atoms with Gasteiger partial charge < -0.3 is 15.3 Å². The largest absolute Gasteiger partial charge is 0.373 e. The Kier molecular flexibility index (Phi) is 4.71. The van der Waals surface area contributed by atoms with E-state index in [2.05, 4.69) is 12.2 Å². The predicted octanol–water partition coefficient (Wildman–Crippen LogP) is 2.67. The second kappa shape index (κ2) is 6.12. The lowest BCUT2D eigenvalue weighted by molar-refractivity contribution is -0.0142. The van der Waals surface area contributed by atoms with Gasteiger partial charge in [-0.3, -0.25) is 5.41 Å². The number of aliphatic hydroxyl groups is 1. The van der Waals surface area contributed by atoms with Crippen LogP contribution in [0.4, 0.5) is 0 Å². The Bertz CT molecular complexity index is 315. The van der Waals surface area contributed by atoms with Gasteiger partial charge in [0.15, 0.2) is 5.96 Å². The molecule has 0 spiro atoms. The van der Waals surface area contributed by atoms with Crippen molar-refractivity contribution in [2.24, 2.45) is 5.92 Å². The molecule has 3 N–H and O–H groups in total. The van der Waals surface area contributed by atoms with E-state index in [-0.39, 0.29) is 5.54 Å². The van der Waals surface area contributed by atoms with Gasteiger partial charge in [0.2, 0.25) is 0 Å². The van der Waals surface area contributed by atoms with Gasteiger partial charge in [0.25, 0.3) is 0 Å². The highest BCUT2D eigenvalue weighted by atomic mass is 16.3. The topological polar surface area (TPSA) is 59.4 Å². The summed E-state index contributed by atoms with van der Waals surface area (Å²) >= 11 is 0. The van der Waals surface area contributed by atoms with Crippen LogP contribution in [0.2, 0.25) is 0 Å². The predicted molar refractivity (Wildman–Crippen MR) is 78.1 cm³/mol. The maximum absolute atomic E-state index is 10.3. The minimum atomic E-state index is -0.507. The van der Waals surface area contributed by atoms with Crippen LogP contribution in [0.25, 0.3) is 0 Å². The standard InChI is InChI=1S/C15H29N3O/c1-3-4-10-15(12-8-6-5-7-9-12)11-13(19)18(2)14(16)17-15/h12-13,19H,3-11H2,1-2H3,(H2,16,17). The fourth-order valence-electron chi connectivity index (χ4n) is 3.77. The van der Waals surface area contributed by atoms with Gasteiger partial charge in [0.1, 0.15) is 6.23 Å². The van der Waals surface area contributed by atoms with Crippen LogP contribution in [0.5, 0.6) is 0 Å². The third kappa shape index (κ3) is 3.04. The summed E-state index contributed by atoms with van der Waals surface area (Å²) in [5, 5.41) is 21.8. The molecule has 2 atom stereocenters. The molecule has 4 heteroatoms. The van der Waals surface area contributed by atoms with Crippen LogP contribution in [0.3, 0.4) is 0 Å². The van der Waals surface area contributed by atoms with Crippen molar-refractivity contribution < 1.29 is 5.11 Å². The highest BCUT2D eigenvalue weighted by Gasteiger charge is 2.45. The van der Waals surface area contributed by atoms with Crippen molar-refractivity contribution in [1.82, 2.24) is 10.2 Å². The summed E-state index contributed by atoms with van der Waals surface area (Å²) in [4.78, 5) is 1.65. The van der Waals surface area contributed by atoms with E-state index >= 15 is 0 Å². The van der Waals surface area contributed by atoms with Gasteiger partial charge in [0.05, 0.1) is 0 Å². The molecule has 110 valence electrons. The molecule has 0 bridgehead atoms. The fraction of sp³-hybridized carbons (Fsp3) is 0.933. The number of aliphatic hydroxyl groups excluding tert-OH is 1. The number of guanidine groups is 1. The summed E-state index contributed by atoms with van der Waals surface area (Å²) < 4.78 is 0. The van der Waals surface area contributed by atoms with E-state index in [0.29, 0.717) is 11.9 Å². The lowest BCUT2D eigenvalue weighted by Crippen LogP contribution is -2.65. The van der Waals surface area contributed by atoms with Crippen molar-refractivity contribution in [2.45, 2.75) is 76.5 Å². The van der Waals surface area contributed by atoms with Crippen molar-refractivity contribution in [1.29, 1.82) is 5.41 Å². The highest BCUT2D eigenvalue weighted by molar-refractivity contribution is 5.78. The molecule has 1 aliphatic heterocycles. The molecule has 2 unspecified atom stereocenters. The van der Waals surface area contributed by atoms with E-state index in [1.807, 2.05) is 0 Å². The molecule has 1 aliphatic carbocycles. The maximum Gasteiger partial charge on any atom is 0.193 e. The molecular formula is C15H29N3O. The summed E-state index contributed by atoms with van der Waals surface area (Å²) in [5.74, 6) is 1.01. The van der Waals surface area contributed by atoms with Gasteiger partial charge in [-0.25, -0.2) is 0 Å². The molecule has 0 aromatic carbocycles. The monoisotopic (exact) mass is 267 g/mol. The Balaban J connectivity index is 2.16. The first-order chi connectivity index (χ1) is 9.09. The van der Waals surface area contributed by atoms with Crippen molar-refractivity contribution >= 4 is 5.96 Å². The average molecular weight is 267 g/mol. The van der Waals surface area contributed by atoms with E-state index in [4.69, 9.17) is 5.41 Å². The number of hydrogen-bond acceptors (Lipinski definition) is 2. The van der Waals surface area contributed by atoms with Gasteiger partial charge in [0, 0.05) is 19.0 Å². The van der Waals surface area contributed by atoms with Crippen LogP contribution in [0.1, 0.15) is 64.7 Å². The Morgan fingerprint density at radius 1 is 1.37 bits per heavy atom. The van der Waals surface area contributed by atoms with Gasteiger partial charge in [-0.15, -0.1) is 0 Å². The number of unbranched alkanes of at least 4 members (excludes halogenated alkanes) is 1. The molecule has 4 nitrogen and oxygen atoms in total. The zero-order valence-electron chi connectivity index (χ0n) is 12.4. The lowest BCUT2D eigenvalue weighted by Gasteiger charge is -2.51.